The number of benzene rings is 3. The molecule has 3 aromatic rings. The van der Waals surface area contributed by atoms with Gasteiger partial charge < -0.3 is 5.32 Å². The van der Waals surface area contributed by atoms with Crippen molar-refractivity contribution < 1.29 is 13.2 Å². The van der Waals surface area contributed by atoms with Gasteiger partial charge in [-0.1, -0.05) is 34.8 Å². The maximum atomic E-state index is 13.2. The van der Waals surface area contributed by atoms with E-state index in [4.69, 9.17) is 34.8 Å². The summed E-state index contributed by atoms with van der Waals surface area (Å²) in [5.74, 6) is -0.320. The summed E-state index contributed by atoms with van der Waals surface area (Å²) in [5, 5.41) is 3.99. The number of rotatable bonds is 4. The minimum atomic E-state index is -3.74. The fraction of sp³-hybridized carbons (Fsp3) is 0.136. The van der Waals surface area contributed by atoms with E-state index < -0.39 is 10.0 Å². The molecular weight excluding hydrogens is 479 g/mol. The van der Waals surface area contributed by atoms with Gasteiger partial charge in [-0.3, -0.25) is 9.10 Å². The molecule has 1 heterocycles. The van der Waals surface area contributed by atoms with E-state index in [1.54, 1.807) is 48.5 Å². The van der Waals surface area contributed by atoms with Crippen LogP contribution >= 0.6 is 34.8 Å². The lowest BCUT2D eigenvalue weighted by Gasteiger charge is -2.30. The van der Waals surface area contributed by atoms with E-state index in [9.17, 15) is 13.2 Å². The molecule has 0 aliphatic carbocycles. The molecule has 0 bridgehead atoms. The lowest BCUT2D eigenvalue weighted by molar-refractivity contribution is 0.102. The molecule has 1 aliphatic rings. The normalized spacial score (nSPS) is 13.6. The number of nitrogens with zero attached hydrogens (tertiary/aromatic N) is 1. The molecule has 0 saturated carbocycles. The lowest BCUT2D eigenvalue weighted by Crippen LogP contribution is -2.35. The highest BCUT2D eigenvalue weighted by Crippen LogP contribution is 2.33. The largest absolute Gasteiger partial charge is 0.322 e. The van der Waals surface area contributed by atoms with Gasteiger partial charge in [-0.2, -0.15) is 0 Å². The van der Waals surface area contributed by atoms with E-state index >= 15 is 0 Å². The Morgan fingerprint density at radius 2 is 1.65 bits per heavy atom. The molecule has 0 radical (unpaired) electrons. The molecule has 0 atom stereocenters. The van der Waals surface area contributed by atoms with Crippen LogP contribution in [0, 0.1) is 0 Å². The topological polar surface area (TPSA) is 66.5 Å². The Bertz CT molecular complexity index is 1260. The minimum absolute atomic E-state index is 0.172. The van der Waals surface area contributed by atoms with E-state index in [0.717, 1.165) is 5.56 Å². The second-order valence-electron chi connectivity index (χ2n) is 7.06. The van der Waals surface area contributed by atoms with E-state index in [2.05, 4.69) is 5.32 Å². The number of hydrogen-bond donors (Lipinski definition) is 1. The number of carbonyl (C=O) groups is 1. The van der Waals surface area contributed by atoms with Crippen molar-refractivity contribution in [2.45, 2.75) is 17.7 Å². The molecule has 4 rings (SSSR count). The summed E-state index contributed by atoms with van der Waals surface area (Å²) >= 11 is 17.8. The molecule has 160 valence electrons. The Morgan fingerprint density at radius 1 is 0.903 bits per heavy atom. The van der Waals surface area contributed by atoms with Crippen LogP contribution in [-0.2, 0) is 16.4 Å². The molecule has 31 heavy (non-hydrogen) atoms. The molecule has 0 spiro atoms. The van der Waals surface area contributed by atoms with Crippen LogP contribution in [0.4, 0.5) is 11.4 Å². The summed E-state index contributed by atoms with van der Waals surface area (Å²) in [6, 6.07) is 15.9. The monoisotopic (exact) mass is 494 g/mol. The number of anilines is 2. The van der Waals surface area contributed by atoms with Crippen LogP contribution in [0.25, 0.3) is 0 Å². The van der Waals surface area contributed by atoms with Crippen LogP contribution in [0.3, 0.4) is 0 Å². The van der Waals surface area contributed by atoms with Crippen LogP contribution in [0.5, 0.6) is 0 Å². The first-order valence-corrected chi connectivity index (χ1v) is 12.0. The number of halogens is 3. The van der Waals surface area contributed by atoms with Crippen LogP contribution < -0.4 is 9.62 Å². The Balaban J connectivity index is 1.61. The van der Waals surface area contributed by atoms with Gasteiger partial charge in [-0.05, 0) is 79.1 Å². The number of carbonyl (C=O) groups excluding carboxylic acids is 1. The molecule has 5 nitrogen and oxygen atoms in total. The van der Waals surface area contributed by atoms with Crippen molar-refractivity contribution in [3.05, 3.63) is 86.9 Å². The van der Waals surface area contributed by atoms with Crippen molar-refractivity contribution in [2.24, 2.45) is 0 Å². The van der Waals surface area contributed by atoms with Gasteiger partial charge in [-0.15, -0.1) is 0 Å². The number of hydrogen-bond acceptors (Lipinski definition) is 3. The highest BCUT2D eigenvalue weighted by molar-refractivity contribution is 7.92. The minimum Gasteiger partial charge on any atom is -0.322 e. The maximum absolute atomic E-state index is 13.2. The summed E-state index contributed by atoms with van der Waals surface area (Å²) < 4.78 is 27.7. The number of aryl methyl sites for hydroxylation is 1. The highest BCUT2D eigenvalue weighted by Gasteiger charge is 2.29. The first-order valence-electron chi connectivity index (χ1n) is 9.43. The Kier molecular flexibility index (Phi) is 6.17. The molecule has 0 aromatic heterocycles. The maximum Gasteiger partial charge on any atom is 0.264 e. The molecule has 1 N–H and O–H groups in total. The smallest absolute Gasteiger partial charge is 0.264 e. The second kappa shape index (κ2) is 8.71. The van der Waals surface area contributed by atoms with Gasteiger partial charge in [0.2, 0.25) is 0 Å². The third-order valence-electron chi connectivity index (χ3n) is 5.00. The van der Waals surface area contributed by atoms with Gasteiger partial charge in [-0.25, -0.2) is 8.42 Å². The number of sulfonamides is 1. The zero-order valence-corrected chi connectivity index (χ0v) is 19.2. The van der Waals surface area contributed by atoms with E-state index in [0.29, 0.717) is 51.4 Å². The zero-order chi connectivity index (χ0) is 22.2. The van der Waals surface area contributed by atoms with E-state index in [-0.39, 0.29) is 10.8 Å². The number of amides is 1. The van der Waals surface area contributed by atoms with E-state index in [1.165, 1.54) is 16.4 Å². The van der Waals surface area contributed by atoms with Gasteiger partial charge in [0.25, 0.3) is 15.9 Å². The Labute approximate surface area is 195 Å². The fourth-order valence-electron chi connectivity index (χ4n) is 3.46. The van der Waals surface area contributed by atoms with Gasteiger partial charge in [0.15, 0.2) is 0 Å². The average molecular weight is 496 g/mol. The average Bonchev–Trinajstić information content (AvgIpc) is 2.75. The third kappa shape index (κ3) is 4.53. The SMILES string of the molecule is O=C(Nc1ccc(Cl)c(Cl)c1)c1ccc2c(c1)CCCN2S(=O)(=O)c1ccc(Cl)cc1. The highest BCUT2D eigenvalue weighted by atomic mass is 35.5. The Hall–Kier alpha value is -2.25. The predicted octanol–water partition coefficient (Wildman–Crippen LogP) is 6.04. The molecule has 0 fully saturated rings. The first kappa shape index (κ1) is 22.0. The molecule has 0 unspecified atom stereocenters. The number of nitrogens with one attached hydrogen (secondary N) is 1. The Morgan fingerprint density at radius 3 is 2.35 bits per heavy atom. The first-order chi connectivity index (χ1) is 14.8. The number of fused-ring (bicyclic) bond motifs is 1. The summed E-state index contributed by atoms with van der Waals surface area (Å²) in [4.78, 5) is 12.9. The lowest BCUT2D eigenvalue weighted by atomic mass is 10.0. The summed E-state index contributed by atoms with van der Waals surface area (Å²) in [6.07, 6.45) is 1.33. The van der Waals surface area contributed by atoms with Crippen molar-refractivity contribution in [1.29, 1.82) is 0 Å². The van der Waals surface area contributed by atoms with Gasteiger partial charge >= 0.3 is 0 Å². The van der Waals surface area contributed by atoms with Crippen LogP contribution in [-0.4, -0.2) is 20.9 Å². The summed E-state index contributed by atoms with van der Waals surface area (Å²) in [5.41, 5.74) is 2.32. The zero-order valence-electron chi connectivity index (χ0n) is 16.1. The third-order valence-corrected chi connectivity index (χ3v) is 7.82. The molecule has 1 amide bonds. The van der Waals surface area contributed by atoms with Gasteiger partial charge in [0.05, 0.1) is 20.6 Å². The summed E-state index contributed by atoms with van der Waals surface area (Å²) in [7, 11) is -3.74. The predicted molar refractivity (Wildman–Crippen MR) is 125 cm³/mol. The van der Waals surface area contributed by atoms with Crippen LogP contribution in [0.15, 0.2) is 65.6 Å². The van der Waals surface area contributed by atoms with Crippen molar-refractivity contribution in [3.63, 3.8) is 0 Å². The quantitative estimate of drug-likeness (QED) is 0.480. The van der Waals surface area contributed by atoms with Crippen molar-refractivity contribution in [1.82, 2.24) is 0 Å². The second-order valence-corrected chi connectivity index (χ2v) is 10.2. The van der Waals surface area contributed by atoms with Crippen LogP contribution in [0.1, 0.15) is 22.3 Å². The van der Waals surface area contributed by atoms with Crippen LogP contribution in [0.2, 0.25) is 15.1 Å². The molecule has 0 saturated heterocycles. The molecular formula is C22H17Cl3N2O3S. The molecule has 1 aliphatic heterocycles. The van der Waals surface area contributed by atoms with Gasteiger partial charge in [0.1, 0.15) is 0 Å². The summed E-state index contributed by atoms with van der Waals surface area (Å²) in [6.45, 7) is 0.368. The molecule has 9 heteroatoms. The van der Waals surface area contributed by atoms with Crippen molar-refractivity contribution in [3.8, 4) is 0 Å². The standard InChI is InChI=1S/C22H17Cl3N2O3S/c23-16-4-7-18(8-5-16)31(29,30)27-11-1-2-14-12-15(3-10-21(14)27)22(28)26-17-6-9-19(24)20(25)13-17/h3-10,12-13H,1-2,11H2,(H,26,28). The van der Waals surface area contributed by atoms with Crippen molar-refractivity contribution >= 4 is 62.1 Å². The molecule has 3 aromatic carbocycles. The van der Waals surface area contributed by atoms with Crippen molar-refractivity contribution in [2.75, 3.05) is 16.2 Å². The van der Waals surface area contributed by atoms with E-state index in [1.807, 2.05) is 0 Å². The fourth-order valence-corrected chi connectivity index (χ4v) is 5.43. The van der Waals surface area contributed by atoms with Gasteiger partial charge in [0, 0.05) is 22.8 Å².